The third-order valence-electron chi connectivity index (χ3n) is 2.87. The number of nitrogens with zero attached hydrogens (tertiary/aromatic N) is 1. The van der Waals surface area contributed by atoms with Gasteiger partial charge in [0, 0.05) is 25.7 Å². The molecule has 18 heavy (non-hydrogen) atoms. The lowest BCUT2D eigenvalue weighted by atomic mass is 10.2. The van der Waals surface area contributed by atoms with Gasteiger partial charge in [0.1, 0.15) is 5.75 Å². The first-order valence-corrected chi connectivity index (χ1v) is 5.75. The van der Waals surface area contributed by atoms with Crippen molar-refractivity contribution in [2.75, 3.05) is 13.1 Å². The van der Waals surface area contributed by atoms with Gasteiger partial charge >= 0.3 is 6.36 Å². The third kappa shape index (κ3) is 3.89. The predicted octanol–water partition coefficient (Wildman–Crippen LogP) is 2.12. The van der Waals surface area contributed by atoms with Crippen LogP contribution in [0.25, 0.3) is 0 Å². The molecule has 0 aliphatic carbocycles. The zero-order valence-electron chi connectivity index (χ0n) is 9.78. The van der Waals surface area contributed by atoms with E-state index in [1.807, 2.05) is 0 Å². The van der Waals surface area contributed by atoms with Gasteiger partial charge < -0.3 is 10.5 Å². The highest BCUT2D eigenvalue weighted by molar-refractivity contribution is 5.27. The van der Waals surface area contributed by atoms with Crippen LogP contribution in [-0.4, -0.2) is 30.4 Å². The van der Waals surface area contributed by atoms with Crippen LogP contribution >= 0.6 is 0 Å². The number of halogens is 3. The van der Waals surface area contributed by atoms with Gasteiger partial charge in [-0.3, -0.25) is 4.90 Å². The highest BCUT2D eigenvalue weighted by Crippen LogP contribution is 2.23. The van der Waals surface area contributed by atoms with Crippen LogP contribution in [0.4, 0.5) is 13.2 Å². The second-order valence-electron chi connectivity index (χ2n) is 4.48. The summed E-state index contributed by atoms with van der Waals surface area (Å²) >= 11 is 0. The fourth-order valence-electron chi connectivity index (χ4n) is 2.06. The van der Waals surface area contributed by atoms with Crippen LogP contribution < -0.4 is 10.5 Å². The van der Waals surface area contributed by atoms with Crippen molar-refractivity contribution in [3.05, 3.63) is 29.8 Å². The van der Waals surface area contributed by atoms with E-state index in [1.165, 1.54) is 12.1 Å². The summed E-state index contributed by atoms with van der Waals surface area (Å²) in [5.41, 5.74) is 6.74. The number of ether oxygens (including phenoxy) is 1. The van der Waals surface area contributed by atoms with Crippen molar-refractivity contribution in [2.45, 2.75) is 25.4 Å². The zero-order chi connectivity index (χ0) is 13.2. The van der Waals surface area contributed by atoms with Gasteiger partial charge in [0.15, 0.2) is 0 Å². The Bertz CT molecular complexity index is 391. The molecule has 0 spiro atoms. The SMILES string of the molecule is N[C@@H]1CCN(Cc2ccc(OC(F)(F)F)cc2)C1. The molecule has 1 saturated heterocycles. The number of hydrogen-bond acceptors (Lipinski definition) is 3. The molecule has 0 aromatic heterocycles. The van der Waals surface area contributed by atoms with Gasteiger partial charge in [-0.1, -0.05) is 12.1 Å². The Balaban J connectivity index is 1.91. The van der Waals surface area contributed by atoms with Crippen LogP contribution in [0, 0.1) is 0 Å². The van der Waals surface area contributed by atoms with Gasteiger partial charge in [0.05, 0.1) is 0 Å². The van der Waals surface area contributed by atoms with E-state index >= 15 is 0 Å². The molecule has 1 fully saturated rings. The van der Waals surface area contributed by atoms with Crippen molar-refractivity contribution in [2.24, 2.45) is 5.73 Å². The van der Waals surface area contributed by atoms with Crippen LogP contribution in [-0.2, 0) is 6.54 Å². The number of benzene rings is 1. The normalized spacial score (nSPS) is 21.2. The van der Waals surface area contributed by atoms with Gasteiger partial charge in [-0.15, -0.1) is 13.2 Å². The molecule has 0 unspecified atom stereocenters. The fourth-order valence-corrected chi connectivity index (χ4v) is 2.06. The molecule has 100 valence electrons. The maximum absolute atomic E-state index is 12.0. The van der Waals surface area contributed by atoms with Gasteiger partial charge in [0.2, 0.25) is 0 Å². The minimum atomic E-state index is -4.64. The standard InChI is InChI=1S/C12H15F3N2O/c13-12(14,15)18-11-3-1-9(2-4-11)7-17-6-5-10(16)8-17/h1-4,10H,5-8,16H2/t10-/m1/s1. The summed E-state index contributed by atoms with van der Waals surface area (Å²) in [6, 6.07) is 6.16. The summed E-state index contributed by atoms with van der Waals surface area (Å²) in [6.07, 6.45) is -3.67. The van der Waals surface area contributed by atoms with Crippen molar-refractivity contribution in [3.8, 4) is 5.75 Å². The molecular formula is C12H15F3N2O. The van der Waals surface area contributed by atoms with E-state index in [0.717, 1.165) is 25.1 Å². The van der Waals surface area contributed by atoms with E-state index in [9.17, 15) is 13.2 Å². The van der Waals surface area contributed by atoms with E-state index in [0.29, 0.717) is 6.54 Å². The monoisotopic (exact) mass is 260 g/mol. The van der Waals surface area contributed by atoms with E-state index in [1.54, 1.807) is 12.1 Å². The molecule has 0 amide bonds. The number of likely N-dealkylation sites (tertiary alicyclic amines) is 1. The van der Waals surface area contributed by atoms with Crippen LogP contribution in [0.1, 0.15) is 12.0 Å². The maximum atomic E-state index is 12.0. The first-order chi connectivity index (χ1) is 8.42. The highest BCUT2D eigenvalue weighted by Gasteiger charge is 2.31. The smallest absolute Gasteiger partial charge is 0.406 e. The number of alkyl halides is 3. The summed E-state index contributed by atoms with van der Waals surface area (Å²) in [4.78, 5) is 2.18. The quantitative estimate of drug-likeness (QED) is 0.904. The highest BCUT2D eigenvalue weighted by atomic mass is 19.4. The Morgan fingerprint density at radius 3 is 2.44 bits per heavy atom. The van der Waals surface area contributed by atoms with Gasteiger partial charge in [-0.2, -0.15) is 0 Å². The third-order valence-corrected chi connectivity index (χ3v) is 2.87. The minimum Gasteiger partial charge on any atom is -0.406 e. The van der Waals surface area contributed by atoms with Crippen molar-refractivity contribution < 1.29 is 17.9 Å². The second kappa shape index (κ2) is 5.16. The molecule has 1 heterocycles. The Kier molecular flexibility index (Phi) is 3.77. The van der Waals surface area contributed by atoms with Crippen molar-refractivity contribution in [3.63, 3.8) is 0 Å². The summed E-state index contributed by atoms with van der Waals surface area (Å²) in [7, 11) is 0. The lowest BCUT2D eigenvalue weighted by molar-refractivity contribution is -0.274. The van der Waals surface area contributed by atoms with Gasteiger partial charge in [-0.25, -0.2) is 0 Å². The molecule has 1 atom stereocenters. The van der Waals surface area contributed by atoms with Crippen molar-refractivity contribution >= 4 is 0 Å². The average Bonchev–Trinajstić information content (AvgIpc) is 2.65. The summed E-state index contributed by atoms with van der Waals surface area (Å²) in [5.74, 6) is -0.190. The van der Waals surface area contributed by atoms with E-state index in [4.69, 9.17) is 5.73 Å². The van der Waals surface area contributed by atoms with Crippen molar-refractivity contribution in [1.29, 1.82) is 0 Å². The van der Waals surface area contributed by atoms with Crippen LogP contribution in [0.15, 0.2) is 24.3 Å². The first-order valence-electron chi connectivity index (χ1n) is 5.75. The van der Waals surface area contributed by atoms with Gasteiger partial charge in [0.25, 0.3) is 0 Å². The summed E-state index contributed by atoms with van der Waals surface area (Å²) in [5, 5.41) is 0. The van der Waals surface area contributed by atoms with E-state index in [-0.39, 0.29) is 11.8 Å². The lowest BCUT2D eigenvalue weighted by Gasteiger charge is -2.15. The molecule has 2 N–H and O–H groups in total. The molecule has 1 aromatic carbocycles. The molecule has 0 saturated carbocycles. The second-order valence-corrected chi connectivity index (χ2v) is 4.48. The topological polar surface area (TPSA) is 38.5 Å². The first kappa shape index (κ1) is 13.2. The number of hydrogen-bond donors (Lipinski definition) is 1. The Hall–Kier alpha value is -1.27. The number of rotatable bonds is 3. The van der Waals surface area contributed by atoms with Crippen LogP contribution in [0.3, 0.4) is 0 Å². The van der Waals surface area contributed by atoms with Gasteiger partial charge in [-0.05, 0) is 24.1 Å². The molecule has 0 radical (unpaired) electrons. The predicted molar refractivity (Wildman–Crippen MR) is 61.0 cm³/mol. The molecule has 1 aliphatic rings. The lowest BCUT2D eigenvalue weighted by Crippen LogP contribution is -2.26. The maximum Gasteiger partial charge on any atom is 0.573 e. The molecule has 1 aliphatic heterocycles. The zero-order valence-corrected chi connectivity index (χ0v) is 9.78. The summed E-state index contributed by atoms with van der Waals surface area (Å²) < 4.78 is 39.7. The Morgan fingerprint density at radius 2 is 1.94 bits per heavy atom. The average molecular weight is 260 g/mol. The largest absolute Gasteiger partial charge is 0.573 e. The number of nitrogens with two attached hydrogens (primary N) is 1. The molecule has 2 rings (SSSR count). The van der Waals surface area contributed by atoms with Crippen LogP contribution in [0.5, 0.6) is 5.75 Å². The van der Waals surface area contributed by atoms with E-state index in [2.05, 4.69) is 9.64 Å². The molecule has 1 aromatic rings. The van der Waals surface area contributed by atoms with Crippen LogP contribution in [0.2, 0.25) is 0 Å². The fraction of sp³-hybridized carbons (Fsp3) is 0.500. The molecule has 0 bridgehead atoms. The van der Waals surface area contributed by atoms with Crippen molar-refractivity contribution in [1.82, 2.24) is 4.90 Å². The molecular weight excluding hydrogens is 245 g/mol. The minimum absolute atomic E-state index is 0.190. The Morgan fingerprint density at radius 1 is 1.28 bits per heavy atom. The Labute approximate surface area is 103 Å². The summed E-state index contributed by atoms with van der Waals surface area (Å²) in [6.45, 7) is 2.47. The van der Waals surface area contributed by atoms with E-state index < -0.39 is 6.36 Å². The molecule has 3 nitrogen and oxygen atoms in total. The molecule has 6 heteroatoms.